The van der Waals surface area contributed by atoms with Gasteiger partial charge in [0.05, 0.1) is 9.11 Å². The largest absolute Gasteiger partial charge is 0.324 e. The highest BCUT2D eigenvalue weighted by atomic mass is 35.5. The molecule has 1 aliphatic rings. The van der Waals surface area contributed by atoms with E-state index in [2.05, 4.69) is 5.32 Å². The molecule has 5 nitrogen and oxygen atoms in total. The Balaban J connectivity index is 1.40. The minimum absolute atomic E-state index is 0.249. The normalized spacial score (nSPS) is 14.9. The van der Waals surface area contributed by atoms with Gasteiger partial charge < -0.3 is 5.32 Å². The van der Waals surface area contributed by atoms with Crippen molar-refractivity contribution in [2.75, 3.05) is 11.9 Å². The van der Waals surface area contributed by atoms with Gasteiger partial charge in [0.15, 0.2) is 0 Å². The molecule has 3 aromatic rings. The lowest BCUT2D eigenvalue weighted by atomic mass is 10.3. The SMILES string of the molecule is O=C(CN1C(=O)S/C(=C/c2ccc(Sc3ccc(Cl)cc3)s2)C1=O)Nc1cccc(F)c1. The van der Waals surface area contributed by atoms with Crippen molar-refractivity contribution in [2.45, 2.75) is 9.10 Å². The van der Waals surface area contributed by atoms with Gasteiger partial charge in [0.25, 0.3) is 11.1 Å². The third-order valence-corrected chi connectivity index (χ3v) is 7.52. The van der Waals surface area contributed by atoms with E-state index in [1.54, 1.807) is 17.8 Å². The molecule has 0 radical (unpaired) electrons. The Morgan fingerprint density at radius 2 is 1.91 bits per heavy atom. The molecule has 1 fully saturated rings. The Bertz CT molecular complexity index is 1230. The summed E-state index contributed by atoms with van der Waals surface area (Å²) in [6, 6.07) is 16.7. The van der Waals surface area contributed by atoms with Crippen LogP contribution in [0.4, 0.5) is 14.9 Å². The van der Waals surface area contributed by atoms with E-state index in [-0.39, 0.29) is 10.6 Å². The van der Waals surface area contributed by atoms with E-state index in [0.717, 1.165) is 36.7 Å². The minimum Gasteiger partial charge on any atom is -0.324 e. The van der Waals surface area contributed by atoms with Gasteiger partial charge in [0.1, 0.15) is 12.4 Å². The van der Waals surface area contributed by atoms with Crippen LogP contribution in [0.1, 0.15) is 4.88 Å². The third kappa shape index (κ3) is 5.60. The van der Waals surface area contributed by atoms with Crippen LogP contribution in [0.25, 0.3) is 6.08 Å². The number of carbonyl (C=O) groups is 3. The zero-order valence-electron chi connectivity index (χ0n) is 16.2. The fourth-order valence-corrected chi connectivity index (χ4v) is 5.86. The van der Waals surface area contributed by atoms with E-state index in [9.17, 15) is 18.8 Å². The number of thioether (sulfide) groups is 1. The van der Waals surface area contributed by atoms with Crippen LogP contribution in [0.5, 0.6) is 0 Å². The molecule has 0 spiro atoms. The monoisotopic (exact) mass is 504 g/mol. The van der Waals surface area contributed by atoms with Crippen LogP contribution < -0.4 is 5.32 Å². The summed E-state index contributed by atoms with van der Waals surface area (Å²) in [6.45, 7) is -0.444. The van der Waals surface area contributed by atoms with E-state index < -0.39 is 29.4 Å². The Morgan fingerprint density at radius 3 is 2.66 bits per heavy atom. The van der Waals surface area contributed by atoms with E-state index in [1.807, 2.05) is 36.4 Å². The average Bonchev–Trinajstić information content (AvgIpc) is 3.29. The number of hydrogen-bond acceptors (Lipinski definition) is 6. The number of nitrogens with one attached hydrogen (secondary N) is 1. The quantitative estimate of drug-likeness (QED) is 0.395. The first-order valence-electron chi connectivity index (χ1n) is 9.21. The maximum absolute atomic E-state index is 13.3. The van der Waals surface area contributed by atoms with Crippen LogP contribution in [-0.4, -0.2) is 28.5 Å². The molecule has 0 aliphatic carbocycles. The lowest BCUT2D eigenvalue weighted by Gasteiger charge is -2.12. The Hall–Kier alpha value is -2.59. The average molecular weight is 505 g/mol. The maximum atomic E-state index is 13.3. The molecular formula is C22H14ClFN2O3S3. The van der Waals surface area contributed by atoms with Gasteiger partial charge in [0, 0.05) is 20.5 Å². The number of anilines is 1. The Labute approximate surface area is 200 Å². The molecule has 1 aromatic heterocycles. The highest BCUT2D eigenvalue weighted by molar-refractivity contribution is 8.18. The van der Waals surface area contributed by atoms with Crippen LogP contribution in [-0.2, 0) is 9.59 Å². The summed E-state index contributed by atoms with van der Waals surface area (Å²) in [7, 11) is 0. The lowest BCUT2D eigenvalue weighted by molar-refractivity contribution is -0.127. The molecule has 0 unspecified atom stereocenters. The van der Waals surface area contributed by atoms with E-state index in [4.69, 9.17) is 11.6 Å². The van der Waals surface area contributed by atoms with Crippen LogP contribution in [0.2, 0.25) is 5.02 Å². The second-order valence-electron chi connectivity index (χ2n) is 6.54. The van der Waals surface area contributed by atoms with Gasteiger partial charge in [-0.05, 0) is 72.4 Å². The van der Waals surface area contributed by atoms with Crippen molar-refractivity contribution in [3.63, 3.8) is 0 Å². The number of hydrogen-bond donors (Lipinski definition) is 1. The standard InChI is InChI=1S/C22H14ClFN2O3S3/c23-13-4-6-16(7-5-13)30-20-9-8-17(31-20)11-18-21(28)26(22(29)32-18)12-19(27)25-15-3-1-2-14(24)10-15/h1-11H,12H2,(H,25,27)/b18-11+. The number of carbonyl (C=O) groups excluding carboxylic acids is 3. The first-order valence-corrected chi connectivity index (χ1v) is 12.0. The van der Waals surface area contributed by atoms with Gasteiger partial charge in [-0.25, -0.2) is 4.39 Å². The number of imide groups is 1. The van der Waals surface area contributed by atoms with Gasteiger partial charge in [0.2, 0.25) is 5.91 Å². The second kappa shape index (κ2) is 9.91. The third-order valence-electron chi connectivity index (χ3n) is 4.19. The van der Waals surface area contributed by atoms with Gasteiger partial charge in [-0.15, -0.1) is 11.3 Å². The van der Waals surface area contributed by atoms with Crippen LogP contribution in [0.3, 0.4) is 0 Å². The smallest absolute Gasteiger partial charge is 0.294 e. The highest BCUT2D eigenvalue weighted by Gasteiger charge is 2.36. The minimum atomic E-state index is -0.586. The maximum Gasteiger partial charge on any atom is 0.294 e. The van der Waals surface area contributed by atoms with Crippen molar-refractivity contribution >= 4 is 75.3 Å². The first-order chi connectivity index (χ1) is 15.4. The zero-order valence-corrected chi connectivity index (χ0v) is 19.4. The van der Waals surface area contributed by atoms with E-state index in [1.165, 1.54) is 29.5 Å². The fraction of sp³-hybridized carbons (Fsp3) is 0.0455. The predicted molar refractivity (Wildman–Crippen MR) is 128 cm³/mol. The molecule has 32 heavy (non-hydrogen) atoms. The van der Waals surface area contributed by atoms with Crippen molar-refractivity contribution in [3.8, 4) is 0 Å². The Morgan fingerprint density at radius 1 is 1.12 bits per heavy atom. The number of thiophene rings is 1. The van der Waals surface area contributed by atoms with Crippen molar-refractivity contribution in [1.82, 2.24) is 4.90 Å². The first kappa shape index (κ1) is 22.6. The summed E-state index contributed by atoms with van der Waals surface area (Å²) in [5, 5.41) is 2.63. The molecule has 0 atom stereocenters. The molecule has 0 bridgehead atoms. The van der Waals surface area contributed by atoms with Crippen molar-refractivity contribution in [2.24, 2.45) is 0 Å². The molecule has 4 rings (SSSR count). The number of halogens is 2. The topological polar surface area (TPSA) is 66.5 Å². The number of amides is 3. The molecule has 2 aromatic carbocycles. The summed E-state index contributed by atoms with van der Waals surface area (Å²) in [6.07, 6.45) is 1.64. The summed E-state index contributed by atoms with van der Waals surface area (Å²) in [5.74, 6) is -1.62. The molecular weight excluding hydrogens is 491 g/mol. The summed E-state index contributed by atoms with van der Waals surface area (Å²) >= 11 is 9.75. The molecule has 162 valence electrons. The number of nitrogens with zero attached hydrogens (tertiary/aromatic N) is 1. The molecule has 1 saturated heterocycles. The molecule has 1 aliphatic heterocycles. The van der Waals surface area contributed by atoms with Gasteiger partial charge in [-0.3, -0.25) is 19.3 Å². The molecule has 3 amide bonds. The predicted octanol–water partition coefficient (Wildman–Crippen LogP) is 6.37. The van der Waals surface area contributed by atoms with E-state index in [0.29, 0.717) is 5.02 Å². The Kier molecular flexibility index (Phi) is 7.00. The number of benzene rings is 2. The van der Waals surface area contributed by atoms with Crippen molar-refractivity contribution in [1.29, 1.82) is 0 Å². The second-order valence-corrected chi connectivity index (χ2v) is 10.5. The van der Waals surface area contributed by atoms with Crippen LogP contribution in [0.15, 0.2) is 74.7 Å². The number of rotatable bonds is 6. The van der Waals surface area contributed by atoms with Gasteiger partial charge in [-0.1, -0.05) is 29.4 Å². The van der Waals surface area contributed by atoms with E-state index >= 15 is 0 Å². The van der Waals surface area contributed by atoms with Gasteiger partial charge in [-0.2, -0.15) is 0 Å². The molecule has 1 N–H and O–H groups in total. The zero-order chi connectivity index (χ0) is 22.7. The van der Waals surface area contributed by atoms with Crippen LogP contribution >= 0.6 is 46.5 Å². The lowest BCUT2D eigenvalue weighted by Crippen LogP contribution is -2.36. The summed E-state index contributed by atoms with van der Waals surface area (Å²) in [5.41, 5.74) is 0.252. The van der Waals surface area contributed by atoms with Gasteiger partial charge >= 0.3 is 0 Å². The molecule has 10 heteroatoms. The van der Waals surface area contributed by atoms with Crippen molar-refractivity contribution < 1.29 is 18.8 Å². The summed E-state index contributed by atoms with van der Waals surface area (Å²) < 4.78 is 14.3. The summed E-state index contributed by atoms with van der Waals surface area (Å²) in [4.78, 5) is 40.1. The fourth-order valence-electron chi connectivity index (χ4n) is 2.76. The van der Waals surface area contributed by atoms with Crippen molar-refractivity contribution in [3.05, 3.63) is 81.3 Å². The molecule has 2 heterocycles. The van der Waals surface area contributed by atoms with Crippen LogP contribution in [0, 0.1) is 5.82 Å². The highest BCUT2D eigenvalue weighted by Crippen LogP contribution is 2.37. The molecule has 0 saturated carbocycles.